The Morgan fingerprint density at radius 2 is 2.23 bits per heavy atom. The lowest BCUT2D eigenvalue weighted by Crippen LogP contribution is -2.30. The highest BCUT2D eigenvalue weighted by atomic mass is 32.2. The number of aromatic nitrogens is 1. The molecule has 118 valence electrons. The van der Waals surface area contributed by atoms with Crippen molar-refractivity contribution in [3.63, 3.8) is 0 Å². The van der Waals surface area contributed by atoms with Crippen LogP contribution in [0.3, 0.4) is 0 Å². The van der Waals surface area contributed by atoms with Crippen LogP contribution in [0.5, 0.6) is 0 Å². The molecule has 2 aromatic rings. The monoisotopic (exact) mass is 353 g/mol. The van der Waals surface area contributed by atoms with Gasteiger partial charge in [-0.1, -0.05) is 17.8 Å². The number of amides is 1. The van der Waals surface area contributed by atoms with Gasteiger partial charge in [0.05, 0.1) is 15.4 Å². The summed E-state index contributed by atoms with van der Waals surface area (Å²) in [6.45, 7) is 6.37. The number of carbonyl (C=O) groups is 1. The second-order valence-corrected chi connectivity index (χ2v) is 8.84. The summed E-state index contributed by atoms with van der Waals surface area (Å²) in [6.07, 6.45) is 4.08. The molecule has 0 fully saturated rings. The fourth-order valence-electron chi connectivity index (χ4n) is 1.52. The molecule has 0 unspecified atom stereocenters. The van der Waals surface area contributed by atoms with E-state index in [-0.39, 0.29) is 5.54 Å². The van der Waals surface area contributed by atoms with Crippen LogP contribution in [-0.2, 0) is 0 Å². The number of thiophene rings is 1. The predicted octanol–water partition coefficient (Wildman–Crippen LogP) is 3.96. The second kappa shape index (κ2) is 7.30. The number of thiazole rings is 1. The van der Waals surface area contributed by atoms with Gasteiger partial charge in [-0.05, 0) is 39.1 Å². The van der Waals surface area contributed by atoms with Crippen LogP contribution in [0, 0.1) is 0 Å². The number of hydrogen-bond acceptors (Lipinski definition) is 6. The number of carbonyl (C=O) groups excluding carboxylic acids is 1. The van der Waals surface area contributed by atoms with Crippen molar-refractivity contribution >= 4 is 40.3 Å². The van der Waals surface area contributed by atoms with Gasteiger partial charge >= 0.3 is 0 Å². The van der Waals surface area contributed by atoms with Gasteiger partial charge in [0, 0.05) is 16.7 Å². The second-order valence-electron chi connectivity index (χ2n) is 5.63. The Bertz CT molecular complexity index is 668. The standard InChI is InChI=1S/C15H19N3OS3/c1-15(2,3)17-7-4-8-20-14-18-10(9-21-14)11-5-6-12(22-11)13(16)19/h4-7,9,17H,8H2,1-3H3,(H2,16,19)/b7-4+. The molecule has 0 spiro atoms. The van der Waals surface area contributed by atoms with Gasteiger partial charge in [-0.15, -0.1) is 22.7 Å². The van der Waals surface area contributed by atoms with Crippen molar-refractivity contribution in [2.45, 2.75) is 30.6 Å². The average Bonchev–Trinajstić information content (AvgIpc) is 3.05. The van der Waals surface area contributed by atoms with Crippen molar-refractivity contribution in [1.82, 2.24) is 10.3 Å². The predicted molar refractivity (Wildman–Crippen MR) is 96.7 cm³/mol. The van der Waals surface area contributed by atoms with Crippen LogP contribution in [0.2, 0.25) is 0 Å². The molecule has 0 atom stereocenters. The Labute approximate surface area is 142 Å². The first-order valence-electron chi connectivity index (χ1n) is 6.76. The zero-order chi connectivity index (χ0) is 16.2. The van der Waals surface area contributed by atoms with E-state index in [0.29, 0.717) is 4.88 Å². The van der Waals surface area contributed by atoms with Crippen molar-refractivity contribution in [2.24, 2.45) is 5.73 Å². The Kier molecular flexibility index (Phi) is 5.66. The number of nitrogens with two attached hydrogens (primary N) is 1. The molecule has 1 amide bonds. The first-order valence-corrected chi connectivity index (χ1v) is 9.44. The van der Waals surface area contributed by atoms with E-state index >= 15 is 0 Å². The molecule has 0 aliphatic heterocycles. The highest BCUT2D eigenvalue weighted by Gasteiger charge is 2.10. The van der Waals surface area contributed by atoms with E-state index < -0.39 is 5.91 Å². The molecule has 2 rings (SSSR count). The van der Waals surface area contributed by atoms with Gasteiger partial charge in [0.2, 0.25) is 0 Å². The van der Waals surface area contributed by atoms with Crippen LogP contribution in [-0.4, -0.2) is 22.2 Å². The van der Waals surface area contributed by atoms with Gasteiger partial charge in [0.25, 0.3) is 5.91 Å². The van der Waals surface area contributed by atoms with Gasteiger partial charge in [-0.3, -0.25) is 4.79 Å². The third-order valence-electron chi connectivity index (χ3n) is 2.52. The molecule has 0 radical (unpaired) electrons. The SMILES string of the molecule is CC(C)(C)N/C=C/CSc1nc(-c2ccc(C(N)=O)s2)cs1. The third kappa shape index (κ3) is 5.15. The maximum Gasteiger partial charge on any atom is 0.258 e. The Hall–Kier alpha value is -1.31. The minimum absolute atomic E-state index is 0.0901. The van der Waals surface area contributed by atoms with Gasteiger partial charge < -0.3 is 11.1 Å². The maximum atomic E-state index is 11.1. The molecule has 0 saturated heterocycles. The zero-order valence-electron chi connectivity index (χ0n) is 12.8. The van der Waals surface area contributed by atoms with Crippen LogP contribution in [0.1, 0.15) is 30.4 Å². The number of primary amides is 1. The summed E-state index contributed by atoms with van der Waals surface area (Å²) in [6, 6.07) is 3.64. The molecule has 22 heavy (non-hydrogen) atoms. The van der Waals surface area contributed by atoms with Gasteiger partial charge in [-0.2, -0.15) is 0 Å². The molecule has 3 N–H and O–H groups in total. The Morgan fingerprint density at radius 1 is 1.45 bits per heavy atom. The topological polar surface area (TPSA) is 68.0 Å². The quantitative estimate of drug-likeness (QED) is 0.771. The van der Waals surface area contributed by atoms with Crippen LogP contribution in [0.15, 0.2) is 34.1 Å². The Morgan fingerprint density at radius 3 is 2.86 bits per heavy atom. The van der Waals surface area contributed by atoms with E-state index in [4.69, 9.17) is 5.73 Å². The molecule has 7 heteroatoms. The van der Waals surface area contributed by atoms with Crippen molar-refractivity contribution in [3.05, 3.63) is 34.7 Å². The largest absolute Gasteiger partial charge is 0.387 e. The molecule has 0 saturated carbocycles. The maximum absolute atomic E-state index is 11.1. The normalized spacial score (nSPS) is 12.0. The summed E-state index contributed by atoms with van der Waals surface area (Å²) < 4.78 is 1.02. The fraction of sp³-hybridized carbons (Fsp3) is 0.333. The number of rotatable bonds is 6. The van der Waals surface area contributed by atoms with E-state index in [1.807, 2.05) is 17.6 Å². The minimum atomic E-state index is -0.391. The fourth-order valence-corrected chi connectivity index (χ4v) is 4.08. The van der Waals surface area contributed by atoms with E-state index in [1.54, 1.807) is 29.2 Å². The average molecular weight is 354 g/mol. The van der Waals surface area contributed by atoms with Gasteiger partial charge in [0.1, 0.15) is 0 Å². The number of thioether (sulfide) groups is 1. The first-order chi connectivity index (χ1) is 10.3. The molecule has 4 nitrogen and oxygen atoms in total. The summed E-state index contributed by atoms with van der Waals surface area (Å²) in [5.41, 5.74) is 6.27. The summed E-state index contributed by atoms with van der Waals surface area (Å²) in [7, 11) is 0. The lowest BCUT2D eigenvalue weighted by atomic mass is 10.1. The van der Waals surface area contributed by atoms with Crippen LogP contribution in [0.4, 0.5) is 0 Å². The molecule has 2 heterocycles. The van der Waals surface area contributed by atoms with Crippen LogP contribution in [0.25, 0.3) is 10.6 Å². The molecule has 0 aliphatic carbocycles. The van der Waals surface area contributed by atoms with E-state index in [2.05, 4.69) is 37.1 Å². The molecule has 0 bridgehead atoms. The van der Waals surface area contributed by atoms with Crippen molar-refractivity contribution < 1.29 is 4.79 Å². The third-order valence-corrected chi connectivity index (χ3v) is 5.62. The molecular weight excluding hydrogens is 334 g/mol. The molecule has 0 aliphatic rings. The highest BCUT2D eigenvalue weighted by Crippen LogP contribution is 2.32. The van der Waals surface area contributed by atoms with Crippen LogP contribution < -0.4 is 11.1 Å². The summed E-state index contributed by atoms with van der Waals surface area (Å²) >= 11 is 4.69. The smallest absolute Gasteiger partial charge is 0.258 e. The van der Waals surface area contributed by atoms with Gasteiger partial charge in [0.15, 0.2) is 4.34 Å². The Balaban J connectivity index is 1.90. The van der Waals surface area contributed by atoms with E-state index in [9.17, 15) is 4.79 Å². The van der Waals surface area contributed by atoms with Crippen molar-refractivity contribution in [1.29, 1.82) is 0 Å². The van der Waals surface area contributed by atoms with Crippen molar-refractivity contribution in [2.75, 3.05) is 5.75 Å². The first kappa shape index (κ1) is 17.1. The lowest BCUT2D eigenvalue weighted by Gasteiger charge is -2.18. The summed E-state index contributed by atoms with van der Waals surface area (Å²) in [5, 5.41) is 5.31. The molecule has 0 aromatic carbocycles. The van der Waals surface area contributed by atoms with Crippen molar-refractivity contribution in [3.8, 4) is 10.6 Å². The summed E-state index contributed by atoms with van der Waals surface area (Å²) in [4.78, 5) is 17.2. The molecular formula is C15H19N3OS3. The molecule has 2 aromatic heterocycles. The van der Waals surface area contributed by atoms with Gasteiger partial charge in [-0.25, -0.2) is 4.98 Å². The minimum Gasteiger partial charge on any atom is -0.387 e. The van der Waals surface area contributed by atoms with E-state index in [0.717, 1.165) is 20.7 Å². The zero-order valence-corrected chi connectivity index (χ0v) is 15.2. The number of nitrogens with zero attached hydrogens (tertiary/aromatic N) is 1. The summed E-state index contributed by atoms with van der Waals surface area (Å²) in [5.74, 6) is 0.477. The number of nitrogens with one attached hydrogen (secondary N) is 1. The lowest BCUT2D eigenvalue weighted by molar-refractivity contribution is 0.100. The van der Waals surface area contributed by atoms with E-state index in [1.165, 1.54) is 11.3 Å². The van der Waals surface area contributed by atoms with Crippen LogP contribution >= 0.6 is 34.4 Å². The number of hydrogen-bond donors (Lipinski definition) is 2. The highest BCUT2D eigenvalue weighted by molar-refractivity contribution is 8.01.